The first-order chi connectivity index (χ1) is 9.10. The summed E-state index contributed by atoms with van der Waals surface area (Å²) in [5, 5.41) is 3.51. The molecule has 0 aliphatic carbocycles. The third kappa shape index (κ3) is 3.58. The van der Waals surface area contributed by atoms with Gasteiger partial charge in [-0.2, -0.15) is 0 Å². The van der Waals surface area contributed by atoms with Crippen molar-refractivity contribution in [3.63, 3.8) is 0 Å². The summed E-state index contributed by atoms with van der Waals surface area (Å²) >= 11 is 0. The first-order valence-electron chi connectivity index (χ1n) is 6.69. The summed E-state index contributed by atoms with van der Waals surface area (Å²) in [5.41, 5.74) is 0. The Hall–Kier alpha value is -1.33. The maximum absolute atomic E-state index is 11.3. The number of carbonyl (C=O) groups excluding carboxylic acids is 1. The normalized spacial score (nSPS) is 24.4. The van der Waals surface area contributed by atoms with Gasteiger partial charge in [0.15, 0.2) is 0 Å². The molecule has 1 aromatic rings. The Morgan fingerprint density at radius 1 is 1.58 bits per heavy atom. The van der Waals surface area contributed by atoms with Crippen molar-refractivity contribution in [3.05, 3.63) is 23.7 Å². The Morgan fingerprint density at radius 3 is 3.05 bits per heavy atom. The third-order valence-electron chi connectivity index (χ3n) is 3.70. The highest BCUT2D eigenvalue weighted by Gasteiger charge is 2.23. The number of ether oxygens (including phenoxy) is 1. The number of esters is 1. The van der Waals surface area contributed by atoms with Crippen LogP contribution in [0, 0.1) is 5.92 Å². The fourth-order valence-corrected chi connectivity index (χ4v) is 2.57. The molecule has 1 fully saturated rings. The molecule has 0 saturated carbocycles. The van der Waals surface area contributed by atoms with Crippen LogP contribution in [0.4, 0.5) is 0 Å². The fraction of sp³-hybridized carbons (Fsp3) is 0.643. The number of carbonyl (C=O) groups is 1. The van der Waals surface area contributed by atoms with Crippen LogP contribution in [-0.2, 0) is 11.3 Å². The Labute approximate surface area is 113 Å². The van der Waals surface area contributed by atoms with Gasteiger partial charge in [0.05, 0.1) is 13.7 Å². The number of rotatable bonds is 4. The first-order valence-corrected chi connectivity index (χ1v) is 6.69. The molecule has 2 atom stereocenters. The van der Waals surface area contributed by atoms with Crippen molar-refractivity contribution in [1.82, 2.24) is 10.2 Å². The van der Waals surface area contributed by atoms with E-state index in [1.807, 2.05) is 6.07 Å². The van der Waals surface area contributed by atoms with Crippen molar-refractivity contribution >= 4 is 5.97 Å². The molecule has 5 nitrogen and oxygen atoms in total. The van der Waals surface area contributed by atoms with Crippen molar-refractivity contribution in [2.24, 2.45) is 5.92 Å². The van der Waals surface area contributed by atoms with E-state index in [0.29, 0.717) is 18.5 Å². The summed E-state index contributed by atoms with van der Waals surface area (Å²) < 4.78 is 10.1. The monoisotopic (exact) mass is 266 g/mol. The van der Waals surface area contributed by atoms with Gasteiger partial charge in [-0.3, -0.25) is 0 Å². The SMILES string of the molecule is COC(=O)c1ccc(CNC2CCN(C)CC2C)o1. The molecule has 1 N–H and O–H groups in total. The number of piperidine rings is 1. The van der Waals surface area contributed by atoms with Gasteiger partial charge < -0.3 is 19.4 Å². The van der Waals surface area contributed by atoms with Gasteiger partial charge in [0.2, 0.25) is 5.76 Å². The van der Waals surface area contributed by atoms with Crippen molar-refractivity contribution in [1.29, 1.82) is 0 Å². The lowest BCUT2D eigenvalue weighted by Crippen LogP contribution is -2.46. The van der Waals surface area contributed by atoms with E-state index in [1.54, 1.807) is 6.07 Å². The van der Waals surface area contributed by atoms with Crippen LogP contribution in [0.15, 0.2) is 16.5 Å². The average molecular weight is 266 g/mol. The molecule has 2 unspecified atom stereocenters. The number of methoxy groups -OCH3 is 1. The minimum Gasteiger partial charge on any atom is -0.463 e. The predicted molar refractivity (Wildman–Crippen MR) is 72.0 cm³/mol. The zero-order chi connectivity index (χ0) is 13.8. The van der Waals surface area contributed by atoms with Crippen LogP contribution in [0.3, 0.4) is 0 Å². The fourth-order valence-electron chi connectivity index (χ4n) is 2.57. The van der Waals surface area contributed by atoms with Crippen molar-refractivity contribution in [3.8, 4) is 0 Å². The van der Waals surface area contributed by atoms with Gasteiger partial charge in [-0.15, -0.1) is 0 Å². The molecular weight excluding hydrogens is 244 g/mol. The Balaban J connectivity index is 1.85. The molecule has 0 aromatic carbocycles. The van der Waals surface area contributed by atoms with Crippen LogP contribution < -0.4 is 5.32 Å². The number of nitrogens with one attached hydrogen (secondary N) is 1. The Bertz CT molecular complexity index is 430. The molecule has 1 saturated heterocycles. The van der Waals surface area contributed by atoms with E-state index in [0.717, 1.165) is 25.3 Å². The molecule has 106 valence electrons. The Kier molecular flexibility index (Phi) is 4.61. The molecule has 1 aromatic heterocycles. The van der Waals surface area contributed by atoms with Gasteiger partial charge in [-0.05, 0) is 38.1 Å². The highest BCUT2D eigenvalue weighted by molar-refractivity contribution is 5.86. The zero-order valence-electron chi connectivity index (χ0n) is 11.8. The molecule has 0 amide bonds. The van der Waals surface area contributed by atoms with Gasteiger partial charge in [-0.25, -0.2) is 4.79 Å². The predicted octanol–water partition coefficient (Wildman–Crippen LogP) is 1.50. The van der Waals surface area contributed by atoms with E-state index in [4.69, 9.17) is 4.42 Å². The first kappa shape index (κ1) is 14.1. The number of likely N-dealkylation sites (tertiary alicyclic amines) is 1. The summed E-state index contributed by atoms with van der Waals surface area (Å²) in [6.45, 7) is 5.14. The quantitative estimate of drug-likeness (QED) is 0.837. The second kappa shape index (κ2) is 6.21. The van der Waals surface area contributed by atoms with Crippen LogP contribution in [-0.4, -0.2) is 44.2 Å². The Morgan fingerprint density at radius 2 is 2.37 bits per heavy atom. The van der Waals surface area contributed by atoms with Crippen LogP contribution >= 0.6 is 0 Å². The van der Waals surface area contributed by atoms with E-state index < -0.39 is 5.97 Å². The highest BCUT2D eigenvalue weighted by Crippen LogP contribution is 2.16. The molecule has 1 aliphatic rings. The minimum absolute atomic E-state index is 0.260. The lowest BCUT2D eigenvalue weighted by Gasteiger charge is -2.35. The number of hydrogen-bond acceptors (Lipinski definition) is 5. The minimum atomic E-state index is -0.432. The molecule has 0 bridgehead atoms. The third-order valence-corrected chi connectivity index (χ3v) is 3.70. The van der Waals surface area contributed by atoms with Crippen molar-refractivity contribution < 1.29 is 13.9 Å². The summed E-state index contributed by atoms with van der Waals surface area (Å²) in [7, 11) is 3.50. The van der Waals surface area contributed by atoms with Crippen LogP contribution in [0.2, 0.25) is 0 Å². The summed E-state index contributed by atoms with van der Waals surface area (Å²) in [6, 6.07) is 3.97. The number of hydrogen-bond donors (Lipinski definition) is 1. The molecule has 0 radical (unpaired) electrons. The van der Waals surface area contributed by atoms with Crippen LogP contribution in [0.25, 0.3) is 0 Å². The smallest absolute Gasteiger partial charge is 0.373 e. The number of furan rings is 1. The van der Waals surface area contributed by atoms with Gasteiger partial charge in [-0.1, -0.05) is 6.92 Å². The van der Waals surface area contributed by atoms with Gasteiger partial charge in [0.1, 0.15) is 5.76 Å². The second-order valence-corrected chi connectivity index (χ2v) is 5.27. The van der Waals surface area contributed by atoms with Crippen LogP contribution in [0.1, 0.15) is 29.7 Å². The molecule has 2 heterocycles. The summed E-state index contributed by atoms with van der Waals surface area (Å²) in [5.74, 6) is 1.22. The topological polar surface area (TPSA) is 54.7 Å². The lowest BCUT2D eigenvalue weighted by molar-refractivity contribution is 0.0562. The van der Waals surface area contributed by atoms with E-state index in [9.17, 15) is 4.79 Å². The maximum Gasteiger partial charge on any atom is 0.373 e. The van der Waals surface area contributed by atoms with E-state index in [2.05, 4.69) is 28.9 Å². The van der Waals surface area contributed by atoms with E-state index in [1.165, 1.54) is 7.11 Å². The highest BCUT2D eigenvalue weighted by atomic mass is 16.5. The molecular formula is C14H22N2O3. The lowest BCUT2D eigenvalue weighted by atomic mass is 9.94. The van der Waals surface area contributed by atoms with E-state index in [-0.39, 0.29) is 5.76 Å². The second-order valence-electron chi connectivity index (χ2n) is 5.27. The van der Waals surface area contributed by atoms with Crippen molar-refractivity contribution in [2.75, 3.05) is 27.2 Å². The van der Waals surface area contributed by atoms with Gasteiger partial charge >= 0.3 is 5.97 Å². The molecule has 1 aliphatic heterocycles. The van der Waals surface area contributed by atoms with Crippen LogP contribution in [0.5, 0.6) is 0 Å². The largest absolute Gasteiger partial charge is 0.463 e. The maximum atomic E-state index is 11.3. The summed E-state index contributed by atoms with van der Waals surface area (Å²) in [4.78, 5) is 13.6. The molecule has 0 spiro atoms. The van der Waals surface area contributed by atoms with Gasteiger partial charge in [0, 0.05) is 12.6 Å². The molecule has 19 heavy (non-hydrogen) atoms. The van der Waals surface area contributed by atoms with Gasteiger partial charge in [0.25, 0.3) is 0 Å². The molecule has 5 heteroatoms. The average Bonchev–Trinajstić information content (AvgIpc) is 2.85. The van der Waals surface area contributed by atoms with Crippen molar-refractivity contribution in [2.45, 2.75) is 25.9 Å². The number of nitrogens with zero attached hydrogens (tertiary/aromatic N) is 1. The zero-order valence-corrected chi connectivity index (χ0v) is 11.8. The van der Waals surface area contributed by atoms with E-state index >= 15 is 0 Å². The summed E-state index contributed by atoms with van der Waals surface area (Å²) in [6.07, 6.45) is 1.14. The molecule has 2 rings (SSSR count). The standard InChI is InChI=1S/C14H22N2O3/c1-10-9-16(2)7-6-12(10)15-8-11-4-5-13(19-11)14(17)18-3/h4-5,10,12,15H,6-9H2,1-3H3.